The van der Waals surface area contributed by atoms with Crippen LogP contribution in [0.25, 0.3) is 0 Å². The Bertz CT molecular complexity index is 430. The Hall–Kier alpha value is -0.810. The molecule has 0 atom stereocenters. The maximum absolute atomic E-state index is 11.7. The number of hydrogen-bond acceptors (Lipinski definition) is 4. The third-order valence-electron chi connectivity index (χ3n) is 3.24. The second-order valence-electron chi connectivity index (χ2n) is 4.69. The highest BCUT2D eigenvalue weighted by atomic mass is 32.2. The van der Waals surface area contributed by atoms with Crippen molar-refractivity contribution in [2.24, 2.45) is 0 Å². The number of amides is 1. The van der Waals surface area contributed by atoms with Crippen molar-refractivity contribution in [3.8, 4) is 5.75 Å². The molecule has 2 rings (SSSR count). The van der Waals surface area contributed by atoms with E-state index in [1.165, 1.54) is 23.5 Å². The summed E-state index contributed by atoms with van der Waals surface area (Å²) in [5.74, 6) is 3.26. The molecule has 0 aromatic heterocycles. The Labute approximate surface area is 129 Å². The number of nitrogens with zero attached hydrogens (tertiary/aromatic N) is 1. The van der Waals surface area contributed by atoms with Gasteiger partial charge in [0.25, 0.3) is 5.91 Å². The van der Waals surface area contributed by atoms with Crippen LogP contribution in [0.15, 0.2) is 24.3 Å². The van der Waals surface area contributed by atoms with Crippen LogP contribution in [0.4, 0.5) is 0 Å². The van der Waals surface area contributed by atoms with Crippen LogP contribution in [0.1, 0.15) is 23.5 Å². The van der Waals surface area contributed by atoms with Crippen LogP contribution in [0.3, 0.4) is 0 Å². The lowest BCUT2D eigenvalue weighted by Gasteiger charge is -2.21. The van der Waals surface area contributed by atoms with Crippen molar-refractivity contribution < 1.29 is 9.53 Å². The van der Waals surface area contributed by atoms with Crippen molar-refractivity contribution in [3.63, 3.8) is 0 Å². The highest BCUT2D eigenvalue weighted by Gasteiger charge is 2.16. The first-order valence-electron chi connectivity index (χ1n) is 6.90. The Morgan fingerprint density at radius 3 is 2.55 bits per heavy atom. The third kappa shape index (κ3) is 4.35. The van der Waals surface area contributed by atoms with Gasteiger partial charge in [0.15, 0.2) is 6.61 Å². The molecule has 110 valence electrons. The van der Waals surface area contributed by atoms with Gasteiger partial charge in [-0.15, -0.1) is 23.5 Å². The van der Waals surface area contributed by atoms with Gasteiger partial charge in [0.2, 0.25) is 0 Å². The van der Waals surface area contributed by atoms with E-state index in [1.54, 1.807) is 11.9 Å². The van der Waals surface area contributed by atoms with Gasteiger partial charge < -0.3 is 9.64 Å². The number of likely N-dealkylation sites (N-methyl/N-ethyl adjacent to an activating group) is 1. The van der Waals surface area contributed by atoms with E-state index in [1.807, 2.05) is 42.6 Å². The summed E-state index contributed by atoms with van der Waals surface area (Å²) in [4.78, 5) is 13.3. The van der Waals surface area contributed by atoms with E-state index in [0.717, 1.165) is 5.75 Å². The monoisotopic (exact) mass is 311 g/mol. The smallest absolute Gasteiger partial charge is 0.260 e. The Morgan fingerprint density at radius 1 is 1.30 bits per heavy atom. The van der Waals surface area contributed by atoms with E-state index in [-0.39, 0.29) is 12.5 Å². The van der Waals surface area contributed by atoms with Crippen LogP contribution in [-0.4, -0.2) is 42.5 Å². The molecule has 1 heterocycles. The molecule has 0 radical (unpaired) electrons. The van der Waals surface area contributed by atoms with Gasteiger partial charge in [-0.3, -0.25) is 4.79 Å². The zero-order valence-electron chi connectivity index (χ0n) is 12.0. The molecule has 0 aliphatic carbocycles. The average molecular weight is 311 g/mol. The first-order chi connectivity index (χ1) is 9.70. The first-order valence-corrected chi connectivity index (χ1v) is 9.00. The second-order valence-corrected chi connectivity index (χ2v) is 7.42. The minimum Gasteiger partial charge on any atom is -0.484 e. The summed E-state index contributed by atoms with van der Waals surface area (Å²) < 4.78 is 6.08. The van der Waals surface area contributed by atoms with Gasteiger partial charge in [-0.25, -0.2) is 0 Å². The van der Waals surface area contributed by atoms with Crippen molar-refractivity contribution >= 4 is 29.4 Å². The lowest BCUT2D eigenvalue weighted by molar-refractivity contribution is -0.131. The number of carbonyl (C=O) groups is 1. The van der Waals surface area contributed by atoms with Crippen LogP contribution in [-0.2, 0) is 4.79 Å². The molecule has 1 aliphatic rings. The lowest BCUT2D eigenvalue weighted by Crippen LogP contribution is -2.31. The molecule has 0 spiro atoms. The zero-order chi connectivity index (χ0) is 14.4. The van der Waals surface area contributed by atoms with E-state index in [0.29, 0.717) is 11.1 Å². The summed E-state index contributed by atoms with van der Waals surface area (Å²) in [6.45, 7) is 2.76. The molecule has 1 aliphatic heterocycles. The maximum atomic E-state index is 11.7. The van der Waals surface area contributed by atoms with E-state index >= 15 is 0 Å². The van der Waals surface area contributed by atoms with Crippen molar-refractivity contribution in [2.45, 2.75) is 17.9 Å². The van der Waals surface area contributed by atoms with E-state index in [9.17, 15) is 4.79 Å². The molecule has 1 aromatic carbocycles. The van der Waals surface area contributed by atoms with Crippen molar-refractivity contribution in [2.75, 3.05) is 31.7 Å². The number of rotatable bonds is 5. The molecule has 3 nitrogen and oxygen atoms in total. The predicted molar refractivity (Wildman–Crippen MR) is 87.5 cm³/mol. The van der Waals surface area contributed by atoms with Crippen LogP contribution in [0.2, 0.25) is 0 Å². The molecule has 0 saturated carbocycles. The van der Waals surface area contributed by atoms with Gasteiger partial charge in [-0.2, -0.15) is 0 Å². The zero-order valence-corrected chi connectivity index (χ0v) is 13.6. The second kappa shape index (κ2) is 7.84. The van der Waals surface area contributed by atoms with Crippen LogP contribution in [0.5, 0.6) is 5.75 Å². The Balaban J connectivity index is 1.86. The number of thioether (sulfide) groups is 2. The molecule has 0 unspecified atom stereocenters. The van der Waals surface area contributed by atoms with E-state index in [2.05, 4.69) is 12.1 Å². The maximum Gasteiger partial charge on any atom is 0.260 e. The summed E-state index contributed by atoms with van der Waals surface area (Å²) in [7, 11) is 1.78. The Morgan fingerprint density at radius 2 is 1.95 bits per heavy atom. The minimum atomic E-state index is 0.00923. The SMILES string of the molecule is CCN(C)C(=O)COc1ccc(C2SCCCS2)cc1. The van der Waals surface area contributed by atoms with Crippen LogP contribution < -0.4 is 4.74 Å². The summed E-state index contributed by atoms with van der Waals surface area (Å²) in [6.07, 6.45) is 1.31. The molecular weight excluding hydrogens is 290 g/mol. The normalized spacial score (nSPS) is 15.9. The van der Waals surface area contributed by atoms with Crippen LogP contribution in [0, 0.1) is 0 Å². The average Bonchev–Trinajstić information content (AvgIpc) is 2.53. The molecule has 5 heteroatoms. The quantitative estimate of drug-likeness (QED) is 0.833. The topological polar surface area (TPSA) is 29.5 Å². The summed E-state index contributed by atoms with van der Waals surface area (Å²) in [5, 5.41) is 0. The number of carbonyl (C=O) groups excluding carboxylic acids is 1. The molecule has 1 amide bonds. The van der Waals surface area contributed by atoms with Gasteiger partial charge >= 0.3 is 0 Å². The van der Waals surface area contributed by atoms with E-state index < -0.39 is 0 Å². The number of ether oxygens (including phenoxy) is 1. The minimum absolute atomic E-state index is 0.00923. The number of benzene rings is 1. The lowest BCUT2D eigenvalue weighted by atomic mass is 10.2. The van der Waals surface area contributed by atoms with Gasteiger partial charge in [0, 0.05) is 13.6 Å². The molecule has 20 heavy (non-hydrogen) atoms. The van der Waals surface area contributed by atoms with Crippen molar-refractivity contribution in [1.29, 1.82) is 0 Å². The summed E-state index contributed by atoms with van der Waals surface area (Å²) >= 11 is 4.02. The standard InChI is InChI=1S/C15H21NO2S2/c1-3-16(2)14(17)11-18-13-7-5-12(6-8-13)15-19-9-4-10-20-15/h5-8,15H,3-4,9-11H2,1-2H3. The molecule has 1 fully saturated rings. The predicted octanol–water partition coefficient (Wildman–Crippen LogP) is 3.41. The molecule has 1 saturated heterocycles. The van der Waals surface area contributed by atoms with Crippen molar-refractivity contribution in [3.05, 3.63) is 29.8 Å². The largest absolute Gasteiger partial charge is 0.484 e. The first kappa shape index (κ1) is 15.6. The molecule has 0 bridgehead atoms. The van der Waals surface area contributed by atoms with E-state index in [4.69, 9.17) is 4.74 Å². The summed E-state index contributed by atoms with van der Waals surface area (Å²) in [6, 6.07) is 8.15. The van der Waals surface area contributed by atoms with Crippen molar-refractivity contribution in [1.82, 2.24) is 4.90 Å². The fourth-order valence-electron chi connectivity index (χ4n) is 1.83. The highest BCUT2D eigenvalue weighted by Crippen LogP contribution is 2.43. The highest BCUT2D eigenvalue weighted by molar-refractivity contribution is 8.16. The van der Waals surface area contributed by atoms with Gasteiger partial charge in [0.1, 0.15) is 5.75 Å². The fourth-order valence-corrected chi connectivity index (χ4v) is 4.73. The van der Waals surface area contributed by atoms with Crippen LogP contribution >= 0.6 is 23.5 Å². The Kier molecular flexibility index (Phi) is 6.10. The summed E-state index contributed by atoms with van der Waals surface area (Å²) in [5.41, 5.74) is 1.34. The number of hydrogen-bond donors (Lipinski definition) is 0. The third-order valence-corrected chi connectivity index (χ3v) is 6.26. The molecular formula is C15H21NO2S2. The van der Waals surface area contributed by atoms with Gasteiger partial charge in [-0.1, -0.05) is 12.1 Å². The van der Waals surface area contributed by atoms with Gasteiger partial charge in [-0.05, 0) is 42.5 Å². The molecule has 0 N–H and O–H groups in total. The molecule has 1 aromatic rings. The fraction of sp³-hybridized carbons (Fsp3) is 0.533. The van der Waals surface area contributed by atoms with Gasteiger partial charge in [0.05, 0.1) is 4.58 Å².